The highest BCUT2D eigenvalue weighted by Crippen LogP contribution is 2.21. The van der Waals surface area contributed by atoms with E-state index in [1.54, 1.807) is 19.2 Å². The molecular formula is C19H21N3O5. The van der Waals surface area contributed by atoms with E-state index in [0.717, 1.165) is 24.5 Å². The number of carbonyl (C=O) groups excluding carboxylic acids is 1. The van der Waals surface area contributed by atoms with Crippen molar-refractivity contribution in [3.8, 4) is 11.5 Å². The van der Waals surface area contributed by atoms with Crippen molar-refractivity contribution in [2.24, 2.45) is 0 Å². The fourth-order valence-electron chi connectivity index (χ4n) is 3.09. The number of nitrogens with zero attached hydrogens (tertiary/aromatic N) is 3. The van der Waals surface area contributed by atoms with Crippen molar-refractivity contribution in [2.45, 2.75) is 6.42 Å². The first kappa shape index (κ1) is 18.5. The zero-order valence-electron chi connectivity index (χ0n) is 15.0. The van der Waals surface area contributed by atoms with Crippen LogP contribution in [0.1, 0.15) is 5.56 Å². The number of hydrogen-bond donors (Lipinski definition) is 0. The highest BCUT2D eigenvalue weighted by atomic mass is 17.0. The Hall–Kier alpha value is -3.29. The minimum Gasteiger partial charge on any atom is -0.497 e. The molecule has 142 valence electrons. The smallest absolute Gasteiger partial charge is 0.299 e. The molecule has 2 aromatic carbocycles. The number of anilines is 1. The van der Waals surface area contributed by atoms with Gasteiger partial charge in [-0.15, -0.1) is 10.1 Å². The maximum Gasteiger partial charge on any atom is 0.299 e. The SMILES string of the molecule is COc1ccc(N2CCN(C(=O)Cc3cccc(O[N+](=O)[O-])c3)CC2)cc1. The Morgan fingerprint density at radius 3 is 2.41 bits per heavy atom. The lowest BCUT2D eigenvalue weighted by Crippen LogP contribution is -2.49. The summed E-state index contributed by atoms with van der Waals surface area (Å²) >= 11 is 0. The Morgan fingerprint density at radius 1 is 1.07 bits per heavy atom. The molecule has 1 aliphatic heterocycles. The first-order chi connectivity index (χ1) is 13.0. The lowest BCUT2D eigenvalue weighted by molar-refractivity contribution is -0.711. The quantitative estimate of drug-likeness (QED) is 0.571. The number of ether oxygens (including phenoxy) is 1. The number of rotatable bonds is 6. The van der Waals surface area contributed by atoms with Gasteiger partial charge in [-0.25, -0.2) is 0 Å². The van der Waals surface area contributed by atoms with E-state index in [1.165, 1.54) is 12.1 Å². The summed E-state index contributed by atoms with van der Waals surface area (Å²) in [5.41, 5.74) is 1.80. The van der Waals surface area contributed by atoms with Gasteiger partial charge >= 0.3 is 0 Å². The summed E-state index contributed by atoms with van der Waals surface area (Å²) < 4.78 is 5.17. The van der Waals surface area contributed by atoms with Crippen LogP contribution in [-0.2, 0) is 11.2 Å². The largest absolute Gasteiger partial charge is 0.497 e. The molecule has 0 unspecified atom stereocenters. The number of amides is 1. The second-order valence-corrected chi connectivity index (χ2v) is 6.20. The van der Waals surface area contributed by atoms with Crippen molar-refractivity contribution in [3.63, 3.8) is 0 Å². The highest BCUT2D eigenvalue weighted by Gasteiger charge is 2.21. The van der Waals surface area contributed by atoms with Crippen molar-refractivity contribution in [1.82, 2.24) is 4.90 Å². The van der Waals surface area contributed by atoms with Crippen LogP contribution in [0.25, 0.3) is 0 Å². The highest BCUT2D eigenvalue weighted by molar-refractivity contribution is 5.79. The molecule has 0 aromatic heterocycles. The van der Waals surface area contributed by atoms with Gasteiger partial charge in [-0.1, -0.05) is 12.1 Å². The van der Waals surface area contributed by atoms with Gasteiger partial charge in [0.1, 0.15) is 11.5 Å². The first-order valence-corrected chi connectivity index (χ1v) is 8.63. The fourth-order valence-corrected chi connectivity index (χ4v) is 3.09. The minimum absolute atomic E-state index is 0.00244. The molecule has 0 spiro atoms. The van der Waals surface area contributed by atoms with Crippen molar-refractivity contribution in [3.05, 3.63) is 64.2 Å². The zero-order valence-corrected chi connectivity index (χ0v) is 15.0. The molecule has 0 atom stereocenters. The lowest BCUT2D eigenvalue weighted by atomic mass is 10.1. The lowest BCUT2D eigenvalue weighted by Gasteiger charge is -2.36. The molecule has 0 bridgehead atoms. The van der Waals surface area contributed by atoms with Gasteiger partial charge in [0.25, 0.3) is 5.09 Å². The standard InChI is InChI=1S/C19H21N3O5/c1-26-17-7-5-16(6-8-17)20-9-11-21(12-10-20)19(23)14-15-3-2-4-18(13-15)27-22(24)25/h2-8,13H,9-12,14H2,1H3. The van der Waals surface area contributed by atoms with E-state index in [0.29, 0.717) is 18.7 Å². The van der Waals surface area contributed by atoms with Crippen LogP contribution in [0.5, 0.6) is 11.5 Å². The Balaban J connectivity index is 1.54. The number of hydrogen-bond acceptors (Lipinski definition) is 6. The zero-order chi connectivity index (χ0) is 19.2. The second kappa shape index (κ2) is 8.39. The maximum atomic E-state index is 12.5. The van der Waals surface area contributed by atoms with Crippen molar-refractivity contribution in [1.29, 1.82) is 0 Å². The summed E-state index contributed by atoms with van der Waals surface area (Å²) in [5.74, 6) is 0.938. The molecule has 2 aromatic rings. The Kier molecular flexibility index (Phi) is 5.75. The number of piperazine rings is 1. The predicted octanol–water partition coefficient (Wildman–Crippen LogP) is 2.16. The van der Waals surface area contributed by atoms with E-state index in [9.17, 15) is 14.9 Å². The van der Waals surface area contributed by atoms with Crippen LogP contribution in [0.2, 0.25) is 0 Å². The minimum atomic E-state index is -0.862. The normalized spacial score (nSPS) is 14.0. The molecule has 0 aliphatic carbocycles. The summed E-state index contributed by atoms with van der Waals surface area (Å²) in [4.78, 5) is 31.5. The molecular weight excluding hydrogens is 350 g/mol. The van der Waals surface area contributed by atoms with Crippen LogP contribution in [0, 0.1) is 10.1 Å². The Bertz CT molecular complexity index is 801. The third-order valence-corrected chi connectivity index (χ3v) is 4.50. The average Bonchev–Trinajstić information content (AvgIpc) is 2.68. The summed E-state index contributed by atoms with van der Waals surface area (Å²) in [6, 6.07) is 14.3. The second-order valence-electron chi connectivity index (χ2n) is 6.20. The van der Waals surface area contributed by atoms with Crippen LogP contribution < -0.4 is 14.5 Å². The molecule has 1 fully saturated rings. The number of methoxy groups -OCH3 is 1. The van der Waals surface area contributed by atoms with Gasteiger partial charge in [0.15, 0.2) is 0 Å². The topological polar surface area (TPSA) is 85.2 Å². The van der Waals surface area contributed by atoms with E-state index in [-0.39, 0.29) is 18.1 Å². The van der Waals surface area contributed by atoms with E-state index in [4.69, 9.17) is 4.74 Å². The molecule has 8 heteroatoms. The van der Waals surface area contributed by atoms with E-state index in [1.807, 2.05) is 29.2 Å². The van der Waals surface area contributed by atoms with Crippen LogP contribution in [0.15, 0.2) is 48.5 Å². The van der Waals surface area contributed by atoms with Crippen molar-refractivity contribution in [2.75, 3.05) is 38.2 Å². The van der Waals surface area contributed by atoms with E-state index in [2.05, 4.69) is 9.74 Å². The molecule has 1 saturated heterocycles. The van der Waals surface area contributed by atoms with Crippen LogP contribution in [-0.4, -0.2) is 49.2 Å². The monoisotopic (exact) mass is 371 g/mol. The van der Waals surface area contributed by atoms with Crippen molar-refractivity contribution >= 4 is 11.6 Å². The molecule has 8 nitrogen and oxygen atoms in total. The molecule has 27 heavy (non-hydrogen) atoms. The Labute approximate surface area is 157 Å². The van der Waals surface area contributed by atoms with Gasteiger partial charge in [0, 0.05) is 31.9 Å². The molecule has 1 aliphatic rings. The third-order valence-electron chi connectivity index (χ3n) is 4.50. The van der Waals surface area contributed by atoms with Crippen LogP contribution in [0.3, 0.4) is 0 Å². The van der Waals surface area contributed by atoms with E-state index >= 15 is 0 Å². The number of benzene rings is 2. The molecule has 0 N–H and O–H groups in total. The molecule has 0 saturated carbocycles. The summed E-state index contributed by atoms with van der Waals surface area (Å²) in [5, 5.41) is 9.57. The van der Waals surface area contributed by atoms with Crippen LogP contribution >= 0.6 is 0 Å². The van der Waals surface area contributed by atoms with Gasteiger partial charge in [-0.3, -0.25) is 9.63 Å². The van der Waals surface area contributed by atoms with Crippen LogP contribution in [0.4, 0.5) is 5.69 Å². The molecule has 1 amide bonds. The predicted molar refractivity (Wildman–Crippen MR) is 99.6 cm³/mol. The Morgan fingerprint density at radius 2 is 1.78 bits per heavy atom. The molecule has 0 radical (unpaired) electrons. The van der Waals surface area contributed by atoms with Gasteiger partial charge < -0.3 is 14.5 Å². The molecule has 1 heterocycles. The van der Waals surface area contributed by atoms with Crippen molar-refractivity contribution < 1.29 is 19.5 Å². The summed E-state index contributed by atoms with van der Waals surface area (Å²) in [6.45, 7) is 2.77. The summed E-state index contributed by atoms with van der Waals surface area (Å²) in [7, 11) is 1.64. The van der Waals surface area contributed by atoms with E-state index < -0.39 is 5.09 Å². The average molecular weight is 371 g/mol. The molecule has 3 rings (SSSR count). The third kappa shape index (κ3) is 4.87. The first-order valence-electron chi connectivity index (χ1n) is 8.63. The maximum absolute atomic E-state index is 12.5. The van der Waals surface area contributed by atoms with Gasteiger partial charge in [-0.05, 0) is 42.0 Å². The fraction of sp³-hybridized carbons (Fsp3) is 0.316. The number of carbonyl (C=O) groups is 1. The summed E-state index contributed by atoms with van der Waals surface area (Å²) in [6.07, 6.45) is 0.192. The van der Waals surface area contributed by atoms with Gasteiger partial charge in [0.05, 0.1) is 13.5 Å². The van der Waals surface area contributed by atoms with Gasteiger partial charge in [-0.2, -0.15) is 0 Å². The van der Waals surface area contributed by atoms with Gasteiger partial charge in [0.2, 0.25) is 5.91 Å².